The first kappa shape index (κ1) is 37.8. The average Bonchev–Trinajstić information content (AvgIpc) is 3.45. The zero-order valence-electron chi connectivity index (χ0n) is 28.4. The molecule has 260 valence electrons. The summed E-state index contributed by atoms with van der Waals surface area (Å²) in [6.45, 7) is 12.4. The number of hydrogen-bond donors (Lipinski definition) is 4. The number of hydrogen-bond acceptors (Lipinski definition) is 8. The van der Waals surface area contributed by atoms with Gasteiger partial charge in [0.2, 0.25) is 34.5 Å². The Morgan fingerprint density at radius 3 is 2.17 bits per heavy atom. The van der Waals surface area contributed by atoms with Crippen LogP contribution in [0, 0.1) is 17.3 Å². The molecule has 0 aromatic heterocycles. The lowest BCUT2D eigenvalue weighted by atomic mass is 9.85. The second kappa shape index (κ2) is 16.4. The van der Waals surface area contributed by atoms with Crippen LogP contribution in [0.25, 0.3) is 0 Å². The first-order valence-corrected chi connectivity index (χ1v) is 17.4. The topological polar surface area (TPSA) is 163 Å². The lowest BCUT2D eigenvalue weighted by Crippen LogP contribution is -2.59. The normalized spacial score (nSPS) is 15.0. The van der Waals surface area contributed by atoms with Gasteiger partial charge in [0.05, 0.1) is 23.6 Å². The van der Waals surface area contributed by atoms with Crippen molar-refractivity contribution < 1.29 is 37.4 Å². The molecule has 47 heavy (non-hydrogen) atoms. The van der Waals surface area contributed by atoms with E-state index >= 15 is 0 Å². The Balaban J connectivity index is 1.85. The van der Waals surface area contributed by atoms with Crippen molar-refractivity contribution in [1.82, 2.24) is 20.3 Å². The number of ether oxygens (including phenoxy) is 2. The Bertz CT molecular complexity index is 1470. The lowest BCUT2D eigenvalue weighted by molar-refractivity contribution is -0.133. The van der Waals surface area contributed by atoms with Gasteiger partial charge in [-0.05, 0) is 41.4 Å². The molecule has 0 spiro atoms. The largest absolute Gasteiger partial charge is 0.454 e. The third kappa shape index (κ3) is 11.2. The van der Waals surface area contributed by atoms with E-state index in [4.69, 9.17) is 9.47 Å². The van der Waals surface area contributed by atoms with E-state index in [1.807, 2.05) is 58.0 Å². The van der Waals surface area contributed by atoms with Gasteiger partial charge in [0.15, 0.2) is 11.5 Å². The maximum Gasteiger partial charge on any atom is 0.243 e. The molecule has 3 amide bonds. The lowest BCUT2D eigenvalue weighted by Gasteiger charge is -2.34. The quantitative estimate of drug-likeness (QED) is 0.211. The van der Waals surface area contributed by atoms with E-state index in [0.717, 1.165) is 5.56 Å². The van der Waals surface area contributed by atoms with Gasteiger partial charge >= 0.3 is 0 Å². The van der Waals surface area contributed by atoms with E-state index in [-0.39, 0.29) is 61.9 Å². The minimum absolute atomic E-state index is 0.00307. The van der Waals surface area contributed by atoms with Crippen LogP contribution in [0.2, 0.25) is 0 Å². The number of nitrogens with one attached hydrogen (secondary N) is 3. The zero-order valence-corrected chi connectivity index (χ0v) is 29.2. The highest BCUT2D eigenvalue weighted by Gasteiger charge is 2.37. The highest BCUT2D eigenvalue weighted by atomic mass is 32.2. The van der Waals surface area contributed by atoms with Crippen molar-refractivity contribution in [1.29, 1.82) is 0 Å². The summed E-state index contributed by atoms with van der Waals surface area (Å²) in [4.78, 5) is 38.7. The minimum Gasteiger partial charge on any atom is -0.454 e. The van der Waals surface area contributed by atoms with Crippen LogP contribution in [0.5, 0.6) is 11.5 Å². The van der Waals surface area contributed by atoms with E-state index < -0.39 is 45.4 Å². The van der Waals surface area contributed by atoms with Crippen molar-refractivity contribution in [2.24, 2.45) is 17.3 Å². The van der Waals surface area contributed by atoms with Gasteiger partial charge < -0.3 is 30.5 Å². The summed E-state index contributed by atoms with van der Waals surface area (Å²) in [5.74, 6) is -0.524. The predicted octanol–water partition coefficient (Wildman–Crippen LogP) is 2.84. The maximum atomic E-state index is 13.9. The molecule has 1 aliphatic heterocycles. The molecule has 2 aromatic carbocycles. The van der Waals surface area contributed by atoms with Crippen molar-refractivity contribution >= 4 is 27.7 Å². The molecule has 2 aromatic rings. The number of fused-ring (bicyclic) bond motifs is 1. The van der Waals surface area contributed by atoms with Gasteiger partial charge in [-0.15, -0.1) is 0 Å². The summed E-state index contributed by atoms with van der Waals surface area (Å²) < 4.78 is 39.7. The van der Waals surface area contributed by atoms with Gasteiger partial charge in [0.25, 0.3) is 0 Å². The molecule has 13 heteroatoms. The van der Waals surface area contributed by atoms with Gasteiger partial charge in [-0.2, -0.15) is 4.31 Å². The van der Waals surface area contributed by atoms with E-state index in [9.17, 15) is 27.9 Å². The number of sulfonamides is 1. The van der Waals surface area contributed by atoms with Crippen LogP contribution in [-0.2, 0) is 30.8 Å². The molecule has 3 rings (SSSR count). The summed E-state index contributed by atoms with van der Waals surface area (Å²) in [5, 5.41) is 19.9. The molecule has 4 N–H and O–H groups in total. The maximum absolute atomic E-state index is 13.9. The van der Waals surface area contributed by atoms with Gasteiger partial charge in [0.1, 0.15) is 6.04 Å². The molecular formula is C34H50N4O8S. The second-order valence-corrected chi connectivity index (χ2v) is 15.8. The van der Waals surface area contributed by atoms with Gasteiger partial charge in [0, 0.05) is 25.6 Å². The van der Waals surface area contributed by atoms with Crippen molar-refractivity contribution in [3.63, 3.8) is 0 Å². The molecule has 0 saturated heterocycles. The highest BCUT2D eigenvalue weighted by molar-refractivity contribution is 7.89. The third-order valence-corrected chi connectivity index (χ3v) is 9.33. The first-order chi connectivity index (χ1) is 22.0. The summed E-state index contributed by atoms with van der Waals surface area (Å²) >= 11 is 0. The van der Waals surface area contributed by atoms with Crippen LogP contribution in [-0.4, -0.2) is 80.2 Å². The number of carbonyl (C=O) groups excluding carboxylic acids is 3. The molecule has 0 saturated carbocycles. The van der Waals surface area contributed by atoms with Crippen LogP contribution < -0.4 is 25.4 Å². The first-order valence-electron chi connectivity index (χ1n) is 16.0. The van der Waals surface area contributed by atoms with Gasteiger partial charge in [-0.3, -0.25) is 14.4 Å². The fourth-order valence-electron chi connectivity index (χ4n) is 5.13. The van der Waals surface area contributed by atoms with Crippen LogP contribution >= 0.6 is 0 Å². The van der Waals surface area contributed by atoms with E-state index in [1.54, 1.807) is 20.8 Å². The molecule has 1 aliphatic rings. The molecule has 0 bridgehead atoms. The summed E-state index contributed by atoms with van der Waals surface area (Å²) in [6.07, 6.45) is -0.856. The van der Waals surface area contributed by atoms with Gasteiger partial charge in [-0.25, -0.2) is 8.42 Å². The number of benzene rings is 2. The molecular weight excluding hydrogens is 624 g/mol. The van der Waals surface area contributed by atoms with E-state index in [1.165, 1.54) is 22.5 Å². The second-order valence-electron chi connectivity index (χ2n) is 13.8. The zero-order chi connectivity index (χ0) is 34.9. The Kier molecular flexibility index (Phi) is 13.2. The van der Waals surface area contributed by atoms with Crippen molar-refractivity contribution in [2.45, 2.75) is 84.4 Å². The molecule has 1 heterocycles. The monoisotopic (exact) mass is 674 g/mol. The molecule has 0 radical (unpaired) electrons. The van der Waals surface area contributed by atoms with E-state index in [2.05, 4.69) is 16.0 Å². The number of amides is 3. The van der Waals surface area contributed by atoms with E-state index in [0.29, 0.717) is 11.5 Å². The van der Waals surface area contributed by atoms with Crippen LogP contribution in [0.15, 0.2) is 53.4 Å². The highest BCUT2D eigenvalue weighted by Crippen LogP contribution is 2.35. The van der Waals surface area contributed by atoms with Crippen molar-refractivity contribution in [3.05, 3.63) is 54.1 Å². The Morgan fingerprint density at radius 1 is 0.894 bits per heavy atom. The molecule has 0 fully saturated rings. The Hall–Kier alpha value is -3.68. The number of nitrogens with zero attached hydrogens (tertiary/aromatic N) is 1. The number of aliphatic hydroxyl groups is 1. The Labute approximate surface area is 278 Å². The van der Waals surface area contributed by atoms with Crippen molar-refractivity contribution in [2.75, 3.05) is 26.4 Å². The number of rotatable bonds is 16. The standard InChI is InChI=1S/C34H50N4O8S/c1-22(2)15-30(40)35-18-31(41)37-32(34(5,6)7)33(42)36-26(16-24-11-9-8-10-12-24)27(39)20-38(19-23(3)4)47(43,44)25-13-14-28-29(17-25)46-21-45-28/h8-14,17,22-23,26-27,32,39H,15-16,18-21H2,1-7H3,(H,35,40)(H,36,42)(H,37,41). The molecule has 3 unspecified atom stereocenters. The fourth-order valence-corrected chi connectivity index (χ4v) is 6.76. The summed E-state index contributed by atoms with van der Waals surface area (Å²) in [6, 6.07) is 11.7. The average molecular weight is 675 g/mol. The third-order valence-electron chi connectivity index (χ3n) is 7.51. The summed E-state index contributed by atoms with van der Waals surface area (Å²) in [7, 11) is -4.09. The molecule has 3 atom stereocenters. The van der Waals surface area contributed by atoms with Gasteiger partial charge in [-0.1, -0.05) is 78.8 Å². The van der Waals surface area contributed by atoms with Crippen LogP contribution in [0.3, 0.4) is 0 Å². The smallest absolute Gasteiger partial charge is 0.243 e. The Morgan fingerprint density at radius 2 is 1.55 bits per heavy atom. The van der Waals surface area contributed by atoms with Crippen LogP contribution in [0.4, 0.5) is 0 Å². The number of aliphatic hydroxyl groups excluding tert-OH is 1. The van der Waals surface area contributed by atoms with Crippen molar-refractivity contribution in [3.8, 4) is 11.5 Å². The SMILES string of the molecule is CC(C)CC(=O)NCC(=O)NC(C(=O)NC(Cc1ccccc1)C(O)CN(CC(C)C)S(=O)(=O)c1ccc2c(c1)OCO2)C(C)(C)C. The predicted molar refractivity (Wildman–Crippen MR) is 178 cm³/mol. The molecule has 0 aliphatic carbocycles. The summed E-state index contributed by atoms with van der Waals surface area (Å²) in [5.41, 5.74) is 0.0751. The molecule has 12 nitrogen and oxygen atoms in total. The number of carbonyl (C=O) groups is 3. The van der Waals surface area contributed by atoms with Crippen LogP contribution in [0.1, 0.15) is 60.5 Å². The minimum atomic E-state index is -4.09. The fraction of sp³-hybridized carbons (Fsp3) is 0.559.